The lowest BCUT2D eigenvalue weighted by atomic mass is 9.93. The molecule has 0 saturated heterocycles. The highest BCUT2D eigenvalue weighted by Gasteiger charge is 2.35. The van der Waals surface area contributed by atoms with Crippen LogP contribution in [0.15, 0.2) is 24.3 Å². The summed E-state index contributed by atoms with van der Waals surface area (Å²) >= 11 is 0. The molecule has 0 unspecified atom stereocenters. The Hall–Kier alpha value is -1.90. The third kappa shape index (κ3) is 2.20. The Bertz CT molecular complexity index is 721. The summed E-state index contributed by atoms with van der Waals surface area (Å²) in [7, 11) is 0. The molecule has 1 aromatic carbocycles. The fraction of sp³-hybridized carbons (Fsp3) is 0.474. The van der Waals surface area contributed by atoms with Crippen LogP contribution in [0, 0.1) is 0 Å². The Labute approximate surface area is 131 Å². The van der Waals surface area contributed by atoms with E-state index in [0.717, 1.165) is 35.5 Å². The molecular weight excluding hydrogens is 272 g/mol. The molecule has 114 valence electrons. The molecule has 0 aliphatic heterocycles. The number of carbonyl (C=O) groups is 1. The molecule has 2 aliphatic carbocycles. The Morgan fingerprint density at radius 1 is 1.14 bits per heavy atom. The summed E-state index contributed by atoms with van der Waals surface area (Å²) in [5.41, 5.74) is 5.57. The fourth-order valence-electron chi connectivity index (χ4n) is 3.40. The summed E-state index contributed by atoms with van der Waals surface area (Å²) in [6.07, 6.45) is 4.97. The Morgan fingerprint density at radius 3 is 2.50 bits per heavy atom. The number of aromatic nitrogens is 2. The third-order valence-electron chi connectivity index (χ3n) is 4.87. The van der Waals surface area contributed by atoms with Gasteiger partial charge in [-0.1, -0.05) is 26.0 Å². The van der Waals surface area contributed by atoms with Crippen molar-refractivity contribution >= 4 is 5.78 Å². The number of ketones is 1. The number of rotatable bonds is 3. The maximum Gasteiger partial charge on any atom is 0.166 e. The molecule has 4 rings (SSSR count). The molecule has 1 aromatic heterocycles. The first-order valence-corrected chi connectivity index (χ1v) is 8.40. The van der Waals surface area contributed by atoms with Gasteiger partial charge in [-0.25, -0.2) is 4.68 Å². The molecule has 22 heavy (non-hydrogen) atoms. The molecule has 2 aliphatic rings. The molecule has 2 aromatic rings. The summed E-state index contributed by atoms with van der Waals surface area (Å²) in [4.78, 5) is 12.4. The minimum absolute atomic E-state index is 0.299. The van der Waals surface area contributed by atoms with Gasteiger partial charge >= 0.3 is 0 Å². The van der Waals surface area contributed by atoms with Crippen LogP contribution in [0.5, 0.6) is 0 Å². The van der Waals surface area contributed by atoms with E-state index in [1.54, 1.807) is 0 Å². The maximum absolute atomic E-state index is 12.4. The standard InChI is InChI=1S/C19H22N2O/c1-12(2)13-8-10-15(11-9-13)21-16-4-3-5-17(22)18(16)19(20-21)14-6-7-14/h8-12,14H,3-7H2,1-2H3. The van der Waals surface area contributed by atoms with Crippen LogP contribution in [-0.2, 0) is 6.42 Å². The van der Waals surface area contributed by atoms with Gasteiger partial charge in [0.05, 0.1) is 22.6 Å². The molecule has 0 atom stereocenters. The zero-order valence-electron chi connectivity index (χ0n) is 13.3. The zero-order valence-corrected chi connectivity index (χ0v) is 13.3. The van der Waals surface area contributed by atoms with E-state index in [2.05, 4.69) is 38.1 Å². The summed E-state index contributed by atoms with van der Waals surface area (Å²) < 4.78 is 2.03. The van der Waals surface area contributed by atoms with Gasteiger partial charge in [0.1, 0.15) is 0 Å². The highest BCUT2D eigenvalue weighted by atomic mass is 16.1. The number of fused-ring (bicyclic) bond motifs is 1. The molecular formula is C19H22N2O. The minimum atomic E-state index is 0.299. The number of Topliss-reactive ketones (excluding diaryl/α,β-unsaturated/α-hetero) is 1. The van der Waals surface area contributed by atoms with E-state index in [1.165, 1.54) is 18.4 Å². The van der Waals surface area contributed by atoms with Gasteiger partial charge in [-0.3, -0.25) is 4.79 Å². The predicted octanol–water partition coefficient (Wildman–Crippen LogP) is 4.39. The van der Waals surface area contributed by atoms with E-state index in [1.807, 2.05) is 4.68 Å². The first-order valence-electron chi connectivity index (χ1n) is 8.40. The van der Waals surface area contributed by atoms with E-state index >= 15 is 0 Å². The van der Waals surface area contributed by atoms with E-state index < -0.39 is 0 Å². The van der Waals surface area contributed by atoms with Crippen molar-refractivity contribution in [2.75, 3.05) is 0 Å². The quantitative estimate of drug-likeness (QED) is 0.841. The molecule has 1 fully saturated rings. The van der Waals surface area contributed by atoms with Crippen molar-refractivity contribution in [2.24, 2.45) is 0 Å². The van der Waals surface area contributed by atoms with Crippen LogP contribution in [0.2, 0.25) is 0 Å². The predicted molar refractivity (Wildman–Crippen MR) is 86.9 cm³/mol. The Balaban J connectivity index is 1.81. The molecule has 3 heteroatoms. The number of benzene rings is 1. The average Bonchev–Trinajstić information content (AvgIpc) is 3.28. The number of nitrogens with zero attached hydrogens (tertiary/aromatic N) is 2. The van der Waals surface area contributed by atoms with Gasteiger partial charge in [0, 0.05) is 12.3 Å². The van der Waals surface area contributed by atoms with E-state index in [9.17, 15) is 4.79 Å². The number of hydrogen-bond donors (Lipinski definition) is 0. The second kappa shape index (κ2) is 5.08. The van der Waals surface area contributed by atoms with E-state index in [-0.39, 0.29) is 0 Å². The van der Waals surface area contributed by atoms with Crippen LogP contribution in [0.3, 0.4) is 0 Å². The summed E-state index contributed by atoms with van der Waals surface area (Å²) in [5, 5.41) is 4.84. The highest BCUT2D eigenvalue weighted by Crippen LogP contribution is 2.43. The van der Waals surface area contributed by atoms with Crippen molar-refractivity contribution < 1.29 is 4.79 Å². The smallest absolute Gasteiger partial charge is 0.166 e. The average molecular weight is 294 g/mol. The number of carbonyl (C=O) groups excluding carboxylic acids is 1. The maximum atomic E-state index is 12.4. The molecule has 0 radical (unpaired) electrons. The second-order valence-corrected chi connectivity index (χ2v) is 6.92. The summed E-state index contributed by atoms with van der Waals surface area (Å²) in [5.74, 6) is 1.35. The first-order chi connectivity index (χ1) is 10.6. The van der Waals surface area contributed by atoms with Crippen molar-refractivity contribution in [1.29, 1.82) is 0 Å². The summed E-state index contributed by atoms with van der Waals surface area (Å²) in [6, 6.07) is 8.63. The Kier molecular flexibility index (Phi) is 3.17. The molecule has 0 spiro atoms. The van der Waals surface area contributed by atoms with E-state index in [0.29, 0.717) is 24.0 Å². The van der Waals surface area contributed by atoms with Gasteiger partial charge in [-0.2, -0.15) is 5.10 Å². The van der Waals surface area contributed by atoms with Crippen LogP contribution in [0.4, 0.5) is 0 Å². The molecule has 1 saturated carbocycles. The molecule has 1 heterocycles. The fourth-order valence-corrected chi connectivity index (χ4v) is 3.40. The van der Waals surface area contributed by atoms with Crippen molar-refractivity contribution in [2.45, 2.75) is 57.8 Å². The van der Waals surface area contributed by atoms with Crippen molar-refractivity contribution in [3.8, 4) is 5.69 Å². The molecule has 3 nitrogen and oxygen atoms in total. The van der Waals surface area contributed by atoms with Gasteiger partial charge in [0.25, 0.3) is 0 Å². The van der Waals surface area contributed by atoms with Crippen LogP contribution in [0.25, 0.3) is 5.69 Å². The molecule has 0 N–H and O–H groups in total. The minimum Gasteiger partial charge on any atom is -0.294 e. The summed E-state index contributed by atoms with van der Waals surface area (Å²) in [6.45, 7) is 4.41. The second-order valence-electron chi connectivity index (χ2n) is 6.92. The normalized spacial score (nSPS) is 17.9. The monoisotopic (exact) mass is 294 g/mol. The van der Waals surface area contributed by atoms with E-state index in [4.69, 9.17) is 5.10 Å². The highest BCUT2D eigenvalue weighted by molar-refractivity contribution is 5.99. The van der Waals surface area contributed by atoms with Crippen molar-refractivity contribution in [3.05, 3.63) is 46.8 Å². The van der Waals surface area contributed by atoms with Crippen LogP contribution in [-0.4, -0.2) is 15.6 Å². The van der Waals surface area contributed by atoms with Crippen LogP contribution in [0.1, 0.15) is 78.7 Å². The largest absolute Gasteiger partial charge is 0.294 e. The lowest BCUT2D eigenvalue weighted by Crippen LogP contribution is -2.13. The molecule has 0 amide bonds. The van der Waals surface area contributed by atoms with Crippen molar-refractivity contribution in [3.63, 3.8) is 0 Å². The first kappa shape index (κ1) is 13.7. The molecule has 0 bridgehead atoms. The Morgan fingerprint density at radius 2 is 1.86 bits per heavy atom. The van der Waals surface area contributed by atoms with Gasteiger partial charge < -0.3 is 0 Å². The van der Waals surface area contributed by atoms with Crippen LogP contribution < -0.4 is 0 Å². The SMILES string of the molecule is CC(C)c1ccc(-n2nc(C3CC3)c3c2CCCC3=O)cc1. The van der Waals surface area contributed by atoms with Gasteiger partial charge in [-0.15, -0.1) is 0 Å². The lowest BCUT2D eigenvalue weighted by Gasteiger charge is -2.14. The van der Waals surface area contributed by atoms with Gasteiger partial charge in [-0.05, 0) is 49.3 Å². The topological polar surface area (TPSA) is 34.9 Å². The third-order valence-corrected chi connectivity index (χ3v) is 4.87. The number of hydrogen-bond acceptors (Lipinski definition) is 2. The van der Waals surface area contributed by atoms with Crippen LogP contribution >= 0.6 is 0 Å². The van der Waals surface area contributed by atoms with Crippen molar-refractivity contribution in [1.82, 2.24) is 9.78 Å². The van der Waals surface area contributed by atoms with Gasteiger partial charge in [0.15, 0.2) is 5.78 Å². The van der Waals surface area contributed by atoms with Gasteiger partial charge in [0.2, 0.25) is 0 Å². The zero-order chi connectivity index (χ0) is 15.3. The lowest BCUT2D eigenvalue weighted by molar-refractivity contribution is 0.0971.